The number of nitrogens with two attached hydrogens (primary N) is 2. The normalized spacial score (nSPS) is 27.8. The van der Waals surface area contributed by atoms with Crippen molar-refractivity contribution in [1.29, 1.82) is 0 Å². The Morgan fingerprint density at radius 1 is 1.53 bits per heavy atom. The van der Waals surface area contributed by atoms with Crippen LogP contribution in [0.4, 0.5) is 10.2 Å². The van der Waals surface area contributed by atoms with Crippen molar-refractivity contribution in [3.63, 3.8) is 0 Å². The van der Waals surface area contributed by atoms with E-state index in [0.29, 0.717) is 0 Å². The molecule has 0 bridgehead atoms. The number of allylic oxidation sites excluding steroid dienone is 1. The highest BCUT2D eigenvalue weighted by Gasteiger charge is 2.51. The number of anilines is 1. The van der Waals surface area contributed by atoms with E-state index in [4.69, 9.17) is 20.7 Å². The SMILES string of the molecule is C/C=C(/N)NC(=O)c1ncn(C2OC(C(C)OP(=O)(O)CC)C(C(C)C)C2F)c1N. The number of rotatable bonds is 8. The van der Waals surface area contributed by atoms with Gasteiger partial charge in [0.25, 0.3) is 5.91 Å². The molecule has 170 valence electrons. The first-order valence-electron chi connectivity index (χ1n) is 9.78. The summed E-state index contributed by atoms with van der Waals surface area (Å²) in [7, 11) is -3.80. The summed E-state index contributed by atoms with van der Waals surface area (Å²) < 4.78 is 39.9. The molecule has 6 atom stereocenters. The van der Waals surface area contributed by atoms with Crippen LogP contribution in [0.5, 0.6) is 0 Å². The van der Waals surface area contributed by atoms with Gasteiger partial charge in [-0.25, -0.2) is 9.37 Å². The summed E-state index contributed by atoms with van der Waals surface area (Å²) in [4.78, 5) is 26.1. The minimum absolute atomic E-state index is 0.0683. The van der Waals surface area contributed by atoms with Crippen molar-refractivity contribution in [3.8, 4) is 0 Å². The van der Waals surface area contributed by atoms with Crippen LogP contribution in [0, 0.1) is 11.8 Å². The Morgan fingerprint density at radius 2 is 2.17 bits per heavy atom. The van der Waals surface area contributed by atoms with Crippen molar-refractivity contribution in [3.05, 3.63) is 23.9 Å². The highest BCUT2D eigenvalue weighted by atomic mass is 31.2. The van der Waals surface area contributed by atoms with Crippen molar-refractivity contribution in [2.24, 2.45) is 17.6 Å². The van der Waals surface area contributed by atoms with Gasteiger partial charge in [-0.15, -0.1) is 0 Å². The molecule has 1 aromatic rings. The van der Waals surface area contributed by atoms with Gasteiger partial charge >= 0.3 is 7.60 Å². The lowest BCUT2D eigenvalue weighted by Crippen LogP contribution is -2.35. The largest absolute Gasteiger partial charge is 0.385 e. The molecule has 2 heterocycles. The molecular formula is C18H31FN5O5P. The zero-order chi connectivity index (χ0) is 22.8. The van der Waals surface area contributed by atoms with E-state index in [0.717, 1.165) is 0 Å². The quantitative estimate of drug-likeness (QED) is 0.442. The van der Waals surface area contributed by atoms with Gasteiger partial charge in [0, 0.05) is 12.1 Å². The third-order valence-electron chi connectivity index (χ3n) is 5.17. The predicted octanol–water partition coefficient (Wildman–Crippen LogP) is 2.13. The average Bonchev–Trinajstić information content (AvgIpc) is 3.21. The molecule has 1 aliphatic rings. The molecule has 1 fully saturated rings. The number of alkyl halides is 1. The van der Waals surface area contributed by atoms with Gasteiger partial charge in [-0.3, -0.25) is 13.9 Å². The monoisotopic (exact) mass is 447 g/mol. The predicted molar refractivity (Wildman–Crippen MR) is 110 cm³/mol. The second-order valence-corrected chi connectivity index (χ2v) is 9.72. The molecule has 30 heavy (non-hydrogen) atoms. The zero-order valence-corrected chi connectivity index (χ0v) is 18.7. The molecule has 10 nitrogen and oxygen atoms in total. The van der Waals surface area contributed by atoms with Crippen LogP contribution in [-0.2, 0) is 13.8 Å². The van der Waals surface area contributed by atoms with Crippen LogP contribution in [0.25, 0.3) is 0 Å². The topological polar surface area (TPSA) is 155 Å². The number of nitrogens with one attached hydrogen (secondary N) is 1. The van der Waals surface area contributed by atoms with Crippen molar-refractivity contribution >= 4 is 19.3 Å². The van der Waals surface area contributed by atoms with E-state index >= 15 is 4.39 Å². The second kappa shape index (κ2) is 9.47. The summed E-state index contributed by atoms with van der Waals surface area (Å²) in [6.07, 6.45) is -1.65. The van der Waals surface area contributed by atoms with Gasteiger partial charge in [-0.2, -0.15) is 0 Å². The molecule has 0 aromatic carbocycles. The third kappa shape index (κ3) is 5.03. The summed E-state index contributed by atoms with van der Waals surface area (Å²) in [5, 5.41) is 2.42. The van der Waals surface area contributed by atoms with E-state index in [2.05, 4.69) is 10.3 Å². The van der Waals surface area contributed by atoms with E-state index in [9.17, 15) is 14.3 Å². The van der Waals surface area contributed by atoms with E-state index < -0.39 is 44.0 Å². The van der Waals surface area contributed by atoms with Crippen molar-refractivity contribution in [2.75, 3.05) is 11.9 Å². The summed E-state index contributed by atoms with van der Waals surface area (Å²) in [6.45, 7) is 8.41. The third-order valence-corrected chi connectivity index (χ3v) is 6.63. The fourth-order valence-electron chi connectivity index (χ4n) is 3.49. The minimum atomic E-state index is -3.80. The molecule has 1 amide bonds. The van der Waals surface area contributed by atoms with Gasteiger partial charge < -0.3 is 30.9 Å². The second-order valence-electron chi connectivity index (χ2n) is 7.61. The number of hydrogen-bond acceptors (Lipinski definition) is 7. The number of nitrogens with zero attached hydrogens (tertiary/aromatic N) is 2. The molecule has 0 aliphatic carbocycles. The van der Waals surface area contributed by atoms with Crippen molar-refractivity contribution in [1.82, 2.24) is 14.9 Å². The summed E-state index contributed by atoms with van der Waals surface area (Å²) in [5.74, 6) is -1.36. The number of halogens is 1. The Morgan fingerprint density at radius 3 is 2.70 bits per heavy atom. The van der Waals surface area contributed by atoms with Crippen LogP contribution in [0.1, 0.15) is 51.3 Å². The molecule has 1 aromatic heterocycles. The first kappa shape index (κ1) is 24.3. The van der Waals surface area contributed by atoms with Crippen LogP contribution in [-0.4, -0.2) is 44.9 Å². The number of carbonyl (C=O) groups excluding carboxylic acids is 1. The van der Waals surface area contributed by atoms with E-state index in [1.54, 1.807) is 13.8 Å². The molecule has 2 rings (SSSR count). The van der Waals surface area contributed by atoms with Crippen LogP contribution >= 0.6 is 7.60 Å². The molecule has 6 N–H and O–H groups in total. The van der Waals surface area contributed by atoms with Crippen LogP contribution in [0.2, 0.25) is 0 Å². The number of carbonyl (C=O) groups is 1. The minimum Gasteiger partial charge on any atom is -0.385 e. The number of imidazole rings is 1. The summed E-state index contributed by atoms with van der Waals surface area (Å²) in [5.41, 5.74) is 11.5. The van der Waals surface area contributed by atoms with Gasteiger partial charge in [0.15, 0.2) is 18.1 Å². The Kier molecular flexibility index (Phi) is 7.68. The maximum Gasteiger partial charge on any atom is 0.328 e. The maximum atomic E-state index is 15.4. The number of hydrogen-bond donors (Lipinski definition) is 4. The van der Waals surface area contributed by atoms with Gasteiger partial charge in [-0.05, 0) is 25.8 Å². The standard InChI is InChI=1S/C18H31FN5O5P/c1-6-11(20)23-17(25)14-16(21)24(8-22-14)18-13(19)12(9(3)4)15(28-18)10(5)29-30(26,27)7-2/h6,8-10,12-13,15,18H,7,20-21H2,1-5H3,(H,23,25)(H,26,27)/b11-6-. The van der Waals surface area contributed by atoms with E-state index in [1.165, 1.54) is 23.9 Å². The molecule has 0 radical (unpaired) electrons. The zero-order valence-electron chi connectivity index (χ0n) is 17.8. The van der Waals surface area contributed by atoms with Crippen LogP contribution < -0.4 is 16.8 Å². The average molecular weight is 447 g/mol. The highest BCUT2D eigenvalue weighted by molar-refractivity contribution is 7.52. The van der Waals surface area contributed by atoms with Crippen LogP contribution in [0.3, 0.4) is 0 Å². The highest BCUT2D eigenvalue weighted by Crippen LogP contribution is 2.48. The van der Waals surface area contributed by atoms with E-state index in [1.807, 2.05) is 13.8 Å². The molecule has 6 unspecified atom stereocenters. The Balaban J connectivity index is 2.30. The lowest BCUT2D eigenvalue weighted by Gasteiger charge is -2.28. The first-order chi connectivity index (χ1) is 13.9. The molecule has 1 aliphatic heterocycles. The number of aromatic nitrogens is 2. The van der Waals surface area contributed by atoms with Gasteiger partial charge in [-0.1, -0.05) is 20.8 Å². The van der Waals surface area contributed by atoms with Crippen molar-refractivity contribution < 1.29 is 27.9 Å². The fourth-order valence-corrected chi connectivity index (χ4v) is 4.28. The number of nitrogen functional groups attached to an aromatic ring is 1. The van der Waals surface area contributed by atoms with Gasteiger partial charge in [0.2, 0.25) is 0 Å². The smallest absolute Gasteiger partial charge is 0.328 e. The Labute approximate surface area is 175 Å². The summed E-state index contributed by atoms with van der Waals surface area (Å²) >= 11 is 0. The molecule has 0 saturated carbocycles. The molecular weight excluding hydrogens is 416 g/mol. The first-order valence-corrected chi connectivity index (χ1v) is 11.5. The van der Waals surface area contributed by atoms with E-state index in [-0.39, 0.29) is 29.4 Å². The number of ether oxygens (including phenoxy) is 1. The molecule has 1 saturated heterocycles. The molecule has 0 spiro atoms. The Hall–Kier alpha value is -1.94. The fraction of sp³-hybridized carbons (Fsp3) is 0.667. The van der Waals surface area contributed by atoms with Crippen LogP contribution in [0.15, 0.2) is 18.2 Å². The summed E-state index contributed by atoms with van der Waals surface area (Å²) in [6, 6.07) is 0. The lowest BCUT2D eigenvalue weighted by atomic mass is 9.85. The van der Waals surface area contributed by atoms with Gasteiger partial charge in [0.1, 0.15) is 5.82 Å². The van der Waals surface area contributed by atoms with Crippen molar-refractivity contribution in [2.45, 2.75) is 59.2 Å². The number of amides is 1. The maximum absolute atomic E-state index is 15.4. The van der Waals surface area contributed by atoms with Gasteiger partial charge in [0.05, 0.1) is 24.4 Å². The molecule has 12 heteroatoms. The Bertz CT molecular complexity index is 845. The lowest BCUT2D eigenvalue weighted by molar-refractivity contribution is -0.0639.